The average molecular weight is 226 g/mol. The fourth-order valence-electron chi connectivity index (χ4n) is 2.41. The molecule has 0 aromatic carbocycles. The summed E-state index contributed by atoms with van der Waals surface area (Å²) in [7, 11) is 1.65. The summed E-state index contributed by atoms with van der Waals surface area (Å²) in [5.74, 6) is 0.774. The van der Waals surface area contributed by atoms with E-state index in [0.29, 0.717) is 12.0 Å². The molecule has 0 bridgehead atoms. The van der Waals surface area contributed by atoms with Crippen LogP contribution in [0.3, 0.4) is 0 Å². The summed E-state index contributed by atoms with van der Waals surface area (Å²) in [6.45, 7) is 3.82. The molecule has 0 aromatic rings. The van der Waals surface area contributed by atoms with Crippen LogP contribution >= 0.6 is 0 Å². The van der Waals surface area contributed by atoms with Crippen molar-refractivity contribution in [2.45, 2.75) is 44.2 Å². The van der Waals surface area contributed by atoms with Crippen LogP contribution in [0.15, 0.2) is 0 Å². The number of methoxy groups -OCH3 is 1. The van der Waals surface area contributed by atoms with Crippen molar-refractivity contribution in [3.8, 4) is 0 Å². The lowest BCUT2D eigenvalue weighted by Gasteiger charge is -2.35. The molecule has 1 unspecified atom stereocenters. The zero-order valence-corrected chi connectivity index (χ0v) is 10.2. The molecule has 0 aromatic heterocycles. The van der Waals surface area contributed by atoms with E-state index in [-0.39, 0.29) is 5.91 Å². The number of hydrogen-bond acceptors (Lipinski definition) is 3. The van der Waals surface area contributed by atoms with E-state index >= 15 is 0 Å². The van der Waals surface area contributed by atoms with Gasteiger partial charge >= 0.3 is 0 Å². The van der Waals surface area contributed by atoms with Gasteiger partial charge in [0.05, 0.1) is 0 Å². The Bertz CT molecular complexity index is 258. The fourth-order valence-corrected chi connectivity index (χ4v) is 2.41. The standard InChI is InChI=1S/C12H22N2O2/c1-9(10-3-4-10)14-11(15)12(16-2)5-7-13-8-6-12/h9-10,13H,3-8H2,1-2H3,(H,14,15). The first-order chi connectivity index (χ1) is 7.68. The van der Waals surface area contributed by atoms with Crippen LogP contribution in [0.2, 0.25) is 0 Å². The van der Waals surface area contributed by atoms with Gasteiger partial charge in [-0.25, -0.2) is 0 Å². The maximum absolute atomic E-state index is 12.2. The van der Waals surface area contributed by atoms with Gasteiger partial charge in [0.25, 0.3) is 5.91 Å². The van der Waals surface area contributed by atoms with E-state index in [4.69, 9.17) is 4.74 Å². The maximum Gasteiger partial charge on any atom is 0.252 e. The smallest absolute Gasteiger partial charge is 0.252 e. The second-order valence-corrected chi connectivity index (χ2v) is 5.05. The molecule has 16 heavy (non-hydrogen) atoms. The van der Waals surface area contributed by atoms with Crippen LogP contribution in [0.1, 0.15) is 32.6 Å². The van der Waals surface area contributed by atoms with E-state index in [1.54, 1.807) is 7.11 Å². The van der Waals surface area contributed by atoms with E-state index in [9.17, 15) is 4.79 Å². The van der Waals surface area contributed by atoms with Gasteiger partial charge in [-0.2, -0.15) is 0 Å². The molecule has 0 spiro atoms. The molecule has 1 aliphatic carbocycles. The summed E-state index contributed by atoms with van der Waals surface area (Å²) < 4.78 is 5.49. The molecule has 1 atom stereocenters. The predicted octanol–water partition coefficient (Wildman–Crippen LogP) is 0.670. The van der Waals surface area contributed by atoms with E-state index in [1.165, 1.54) is 12.8 Å². The van der Waals surface area contributed by atoms with Gasteiger partial charge in [-0.05, 0) is 51.6 Å². The molecule has 1 saturated carbocycles. The van der Waals surface area contributed by atoms with Crippen molar-refractivity contribution < 1.29 is 9.53 Å². The molecule has 1 saturated heterocycles. The summed E-state index contributed by atoms with van der Waals surface area (Å²) >= 11 is 0. The van der Waals surface area contributed by atoms with Gasteiger partial charge in [0.2, 0.25) is 0 Å². The lowest BCUT2D eigenvalue weighted by molar-refractivity contribution is -0.147. The highest BCUT2D eigenvalue weighted by Gasteiger charge is 2.41. The summed E-state index contributed by atoms with van der Waals surface area (Å²) in [6.07, 6.45) is 4.05. The van der Waals surface area contributed by atoms with Crippen molar-refractivity contribution in [2.75, 3.05) is 20.2 Å². The van der Waals surface area contributed by atoms with Crippen LogP contribution < -0.4 is 10.6 Å². The molecule has 2 rings (SSSR count). The SMILES string of the molecule is COC1(C(=O)NC(C)C2CC2)CCNCC1. The second kappa shape index (κ2) is 4.72. The van der Waals surface area contributed by atoms with Gasteiger partial charge in [0, 0.05) is 13.2 Å². The van der Waals surface area contributed by atoms with Crippen LogP contribution in [0, 0.1) is 5.92 Å². The Labute approximate surface area is 97.1 Å². The zero-order valence-electron chi connectivity index (χ0n) is 10.2. The monoisotopic (exact) mass is 226 g/mol. The minimum absolute atomic E-state index is 0.0795. The van der Waals surface area contributed by atoms with E-state index in [1.807, 2.05) is 0 Å². The fraction of sp³-hybridized carbons (Fsp3) is 0.917. The zero-order chi connectivity index (χ0) is 11.6. The quantitative estimate of drug-likeness (QED) is 0.741. The minimum Gasteiger partial charge on any atom is -0.368 e. The van der Waals surface area contributed by atoms with Crippen molar-refractivity contribution >= 4 is 5.91 Å². The maximum atomic E-state index is 12.2. The van der Waals surface area contributed by atoms with Crippen molar-refractivity contribution in [2.24, 2.45) is 5.92 Å². The third kappa shape index (κ3) is 2.38. The number of ether oxygens (including phenoxy) is 1. The third-order valence-corrected chi connectivity index (χ3v) is 3.90. The first kappa shape index (κ1) is 11.9. The Kier molecular flexibility index (Phi) is 3.50. The number of rotatable bonds is 4. The van der Waals surface area contributed by atoms with Crippen molar-refractivity contribution in [3.05, 3.63) is 0 Å². The first-order valence-corrected chi connectivity index (χ1v) is 6.25. The highest BCUT2D eigenvalue weighted by Crippen LogP contribution is 2.33. The number of hydrogen-bond donors (Lipinski definition) is 2. The average Bonchev–Trinajstić information content (AvgIpc) is 3.13. The first-order valence-electron chi connectivity index (χ1n) is 6.25. The molecule has 1 aliphatic heterocycles. The molecule has 2 aliphatic rings. The van der Waals surface area contributed by atoms with E-state index in [2.05, 4.69) is 17.6 Å². The Morgan fingerprint density at radius 2 is 2.06 bits per heavy atom. The predicted molar refractivity (Wildman–Crippen MR) is 62.2 cm³/mol. The molecule has 0 radical (unpaired) electrons. The molecule has 1 amide bonds. The Morgan fingerprint density at radius 1 is 1.44 bits per heavy atom. The van der Waals surface area contributed by atoms with Crippen LogP contribution in [-0.4, -0.2) is 37.7 Å². The molecule has 4 heteroatoms. The number of piperidine rings is 1. The Morgan fingerprint density at radius 3 is 2.56 bits per heavy atom. The van der Waals surface area contributed by atoms with Gasteiger partial charge in [-0.3, -0.25) is 4.79 Å². The van der Waals surface area contributed by atoms with Crippen molar-refractivity contribution in [3.63, 3.8) is 0 Å². The van der Waals surface area contributed by atoms with Gasteiger partial charge < -0.3 is 15.4 Å². The molecular weight excluding hydrogens is 204 g/mol. The summed E-state index contributed by atoms with van der Waals surface area (Å²) in [6, 6.07) is 0.300. The van der Waals surface area contributed by atoms with Crippen LogP contribution in [0.4, 0.5) is 0 Å². The second-order valence-electron chi connectivity index (χ2n) is 5.05. The van der Waals surface area contributed by atoms with Crippen LogP contribution in [-0.2, 0) is 9.53 Å². The molecule has 2 fully saturated rings. The highest BCUT2D eigenvalue weighted by atomic mass is 16.5. The third-order valence-electron chi connectivity index (χ3n) is 3.90. The van der Waals surface area contributed by atoms with Crippen LogP contribution in [0.5, 0.6) is 0 Å². The lowest BCUT2D eigenvalue weighted by atomic mass is 9.90. The number of nitrogens with one attached hydrogen (secondary N) is 2. The number of carbonyl (C=O) groups is 1. The largest absolute Gasteiger partial charge is 0.368 e. The van der Waals surface area contributed by atoms with Gasteiger partial charge in [-0.15, -0.1) is 0 Å². The molecule has 2 N–H and O–H groups in total. The lowest BCUT2D eigenvalue weighted by Crippen LogP contribution is -2.56. The van der Waals surface area contributed by atoms with Crippen molar-refractivity contribution in [1.82, 2.24) is 10.6 Å². The van der Waals surface area contributed by atoms with Crippen molar-refractivity contribution in [1.29, 1.82) is 0 Å². The molecule has 1 heterocycles. The van der Waals surface area contributed by atoms with E-state index < -0.39 is 5.60 Å². The highest BCUT2D eigenvalue weighted by molar-refractivity contribution is 5.85. The van der Waals surface area contributed by atoms with Crippen LogP contribution in [0.25, 0.3) is 0 Å². The summed E-state index contributed by atoms with van der Waals surface area (Å²) in [5, 5.41) is 6.37. The number of carbonyl (C=O) groups excluding carboxylic acids is 1. The van der Waals surface area contributed by atoms with Gasteiger partial charge in [0.15, 0.2) is 0 Å². The van der Waals surface area contributed by atoms with Gasteiger partial charge in [0.1, 0.15) is 5.60 Å². The summed E-state index contributed by atoms with van der Waals surface area (Å²) in [4.78, 5) is 12.2. The number of amides is 1. The van der Waals surface area contributed by atoms with Gasteiger partial charge in [-0.1, -0.05) is 0 Å². The molecule has 92 valence electrons. The van der Waals surface area contributed by atoms with E-state index in [0.717, 1.165) is 25.9 Å². The summed E-state index contributed by atoms with van der Waals surface area (Å²) in [5.41, 5.74) is -0.589. The minimum atomic E-state index is -0.589. The molecular formula is C12H22N2O2. The molecule has 4 nitrogen and oxygen atoms in total. The Balaban J connectivity index is 1.93. The Hall–Kier alpha value is -0.610. The normalized spacial score (nSPS) is 26.1. The topological polar surface area (TPSA) is 50.4 Å².